The van der Waals surface area contributed by atoms with Crippen molar-refractivity contribution in [2.75, 3.05) is 4.81 Å². The van der Waals surface area contributed by atoms with Gasteiger partial charge in [-0.3, -0.25) is 0 Å². The maximum absolute atomic E-state index is 7.37. The Morgan fingerprint density at radius 1 is 0.493 bits per heavy atom. The Hall–Kier alpha value is -6.20. The van der Waals surface area contributed by atoms with E-state index in [1.165, 1.54) is 105 Å². The van der Waals surface area contributed by atoms with Gasteiger partial charge in [-0.1, -0.05) is 139 Å². The first-order chi connectivity index (χ1) is 33.4. The van der Waals surface area contributed by atoms with Gasteiger partial charge in [-0.2, -0.15) is 0 Å². The van der Waals surface area contributed by atoms with E-state index in [-0.39, 0.29) is 39.3 Å². The van der Waals surface area contributed by atoms with Gasteiger partial charge in [0, 0.05) is 55.6 Å². The van der Waals surface area contributed by atoms with Crippen molar-refractivity contribution in [2.45, 2.75) is 155 Å². The van der Waals surface area contributed by atoms with Gasteiger partial charge in [0.1, 0.15) is 22.3 Å². The highest BCUT2D eigenvalue weighted by atomic mass is 16.3. The number of hydrogen-bond acceptors (Lipinski definition) is 3. The second kappa shape index (κ2) is 13.4. The van der Waals surface area contributed by atoms with Gasteiger partial charge in [0.2, 0.25) is 0 Å². The summed E-state index contributed by atoms with van der Waals surface area (Å²) in [6, 6.07) is 40.7. The van der Waals surface area contributed by atoms with Gasteiger partial charge in [-0.05, 0) is 163 Å². The molecular weight excluding hydrogens is 864 g/mol. The van der Waals surface area contributed by atoms with Crippen molar-refractivity contribution >= 4 is 94.8 Å². The molecule has 10 aromatic rings. The zero-order valence-electron chi connectivity index (χ0n) is 44.4. The molecule has 5 heteroatoms. The lowest BCUT2D eigenvalue weighted by Gasteiger charge is -2.43. The summed E-state index contributed by atoms with van der Waals surface area (Å²) in [5.74, 6) is 0. The Kier molecular flexibility index (Phi) is 8.25. The molecule has 4 nitrogen and oxygen atoms in total. The van der Waals surface area contributed by atoms with Crippen LogP contribution in [-0.4, -0.2) is 11.4 Å². The molecule has 0 atom stereocenters. The molecule has 5 heterocycles. The van der Waals surface area contributed by atoms with Gasteiger partial charge in [0.25, 0.3) is 0 Å². The van der Waals surface area contributed by atoms with E-state index in [0.717, 1.165) is 59.1 Å². The molecule has 0 fully saturated rings. The molecule has 0 saturated carbocycles. The van der Waals surface area contributed by atoms with Gasteiger partial charge < -0.3 is 18.2 Å². The van der Waals surface area contributed by atoms with Crippen molar-refractivity contribution in [3.8, 4) is 16.8 Å². The summed E-state index contributed by atoms with van der Waals surface area (Å²) in [6.07, 6.45) is 4.63. The Morgan fingerprint density at radius 2 is 1.06 bits per heavy atom. The number of rotatable bonds is 1. The fraction of sp³-hybridized carbons (Fsp3) is 0.364. The summed E-state index contributed by atoms with van der Waals surface area (Å²) in [4.78, 5) is 2.69. The molecule has 4 aliphatic rings. The molecule has 2 aliphatic carbocycles. The summed E-state index contributed by atoms with van der Waals surface area (Å²) in [7, 11) is 0. The molecule has 0 radical (unpaired) electrons. The number of para-hydroxylation sites is 1. The molecule has 356 valence electrons. The second-order valence-electron chi connectivity index (χ2n) is 27.1. The smallest absolute Gasteiger partial charge is 0.333 e. The van der Waals surface area contributed by atoms with Crippen LogP contribution in [0.15, 0.2) is 112 Å². The lowest BCUT2D eigenvalue weighted by Crippen LogP contribution is -2.60. The summed E-state index contributed by atoms with van der Waals surface area (Å²) in [5, 5.41) is 7.23. The van der Waals surface area contributed by atoms with Crippen LogP contribution in [0, 0.1) is 0 Å². The van der Waals surface area contributed by atoms with Gasteiger partial charge in [0.05, 0.1) is 16.4 Å². The van der Waals surface area contributed by atoms with E-state index < -0.39 is 0 Å². The molecule has 0 unspecified atom stereocenters. The third-order valence-corrected chi connectivity index (χ3v) is 18.6. The van der Waals surface area contributed by atoms with Crippen molar-refractivity contribution in [1.29, 1.82) is 0 Å². The monoisotopic (exact) mass is 931 g/mol. The van der Waals surface area contributed by atoms with Gasteiger partial charge >= 0.3 is 6.85 Å². The van der Waals surface area contributed by atoms with E-state index in [1.807, 2.05) is 0 Å². The minimum atomic E-state index is -0.161. The molecule has 0 spiro atoms. The molecule has 0 bridgehead atoms. The fourth-order valence-corrected chi connectivity index (χ4v) is 14.0. The van der Waals surface area contributed by atoms with Crippen molar-refractivity contribution in [1.82, 2.24) is 4.57 Å². The average molecular weight is 931 g/mol. The summed E-state index contributed by atoms with van der Waals surface area (Å²) in [6.45, 7) is 33.4. The molecule has 14 rings (SSSR count). The van der Waals surface area contributed by atoms with Crippen LogP contribution in [0.4, 0.5) is 11.4 Å². The van der Waals surface area contributed by atoms with Crippen molar-refractivity contribution in [2.24, 2.45) is 0 Å². The van der Waals surface area contributed by atoms with E-state index in [0.29, 0.717) is 0 Å². The molecule has 0 N–H and O–H groups in total. The normalized spacial score (nSPS) is 18.5. The maximum atomic E-state index is 7.37. The predicted octanol–water partition coefficient (Wildman–Crippen LogP) is 17.1. The summed E-state index contributed by atoms with van der Waals surface area (Å²) in [5.41, 5.74) is 23.7. The summed E-state index contributed by atoms with van der Waals surface area (Å²) < 4.78 is 17.2. The lowest BCUT2D eigenvalue weighted by molar-refractivity contribution is 0.332. The number of aromatic nitrogens is 1. The van der Waals surface area contributed by atoms with Crippen LogP contribution in [0.3, 0.4) is 0 Å². The van der Waals surface area contributed by atoms with Crippen molar-refractivity contribution in [3.05, 3.63) is 137 Å². The molecule has 0 saturated heterocycles. The molecule has 2 aliphatic heterocycles. The Morgan fingerprint density at radius 3 is 1.70 bits per heavy atom. The molecular formula is C66H67BN2O2. The Labute approximate surface area is 419 Å². The van der Waals surface area contributed by atoms with Crippen LogP contribution in [0.25, 0.3) is 82.5 Å². The van der Waals surface area contributed by atoms with Crippen LogP contribution < -0.4 is 15.7 Å². The first-order valence-corrected chi connectivity index (χ1v) is 26.5. The quantitative estimate of drug-likeness (QED) is 0.154. The van der Waals surface area contributed by atoms with E-state index in [1.54, 1.807) is 0 Å². The highest BCUT2D eigenvalue weighted by Gasteiger charge is 2.48. The standard InChI is InChI=1S/C66H67BN2O2/c1-61(2,3)36-19-22-38(23-20-36)69-51-35-54-40(41-31-44-47(34-53(41)70-54)66(13,14)28-26-63(44,7)8)30-42(51)55-56-39-17-15-16-18-52(39)71-60(56)57-43-32-45-46(65(11,12)27-25-64(45,9)10)33-50(43)68-49-24-21-37(62(4,5)6)29-48(49)67(69)58(55)59(57)68/h15-24,29-35H,25-28H2,1-14H3. The zero-order chi connectivity index (χ0) is 49.4. The zero-order valence-corrected chi connectivity index (χ0v) is 44.4. The highest BCUT2D eigenvalue weighted by Crippen LogP contribution is 2.56. The Bertz CT molecular complexity index is 4020. The number of benzene rings is 7. The third-order valence-electron chi connectivity index (χ3n) is 18.6. The number of hydrogen-bond donors (Lipinski definition) is 0. The van der Waals surface area contributed by atoms with Gasteiger partial charge in [-0.15, -0.1) is 0 Å². The Balaban J connectivity index is 1.21. The predicted molar refractivity (Wildman–Crippen MR) is 302 cm³/mol. The molecule has 7 aromatic carbocycles. The van der Waals surface area contributed by atoms with Crippen LogP contribution >= 0.6 is 0 Å². The third kappa shape index (κ3) is 5.75. The number of fused-ring (bicyclic) bond motifs is 18. The fourth-order valence-electron chi connectivity index (χ4n) is 14.0. The topological polar surface area (TPSA) is 34.5 Å². The number of furan rings is 2. The van der Waals surface area contributed by atoms with Gasteiger partial charge in [-0.25, -0.2) is 0 Å². The second-order valence-corrected chi connectivity index (χ2v) is 27.1. The van der Waals surface area contributed by atoms with E-state index in [2.05, 4.69) is 209 Å². The first-order valence-electron chi connectivity index (χ1n) is 26.5. The number of nitrogens with zero attached hydrogens (tertiary/aromatic N) is 2. The largest absolute Gasteiger partial charge is 0.456 e. The minimum absolute atomic E-state index is 0.00998. The van der Waals surface area contributed by atoms with E-state index in [4.69, 9.17) is 8.83 Å². The first kappa shape index (κ1) is 43.6. The van der Waals surface area contributed by atoms with E-state index >= 15 is 0 Å². The average Bonchev–Trinajstić information content (AvgIpc) is 3.99. The van der Waals surface area contributed by atoms with Crippen LogP contribution in [0.5, 0.6) is 0 Å². The van der Waals surface area contributed by atoms with Crippen molar-refractivity contribution in [3.63, 3.8) is 0 Å². The van der Waals surface area contributed by atoms with Crippen LogP contribution in [-0.2, 0) is 32.5 Å². The van der Waals surface area contributed by atoms with E-state index in [9.17, 15) is 0 Å². The van der Waals surface area contributed by atoms with Crippen LogP contribution in [0.2, 0.25) is 0 Å². The molecule has 0 amide bonds. The lowest BCUT2D eigenvalue weighted by atomic mass is 9.43. The molecule has 3 aromatic heterocycles. The maximum Gasteiger partial charge on any atom is 0.333 e. The highest BCUT2D eigenvalue weighted by molar-refractivity contribution is 6.94. The molecule has 71 heavy (non-hydrogen) atoms. The van der Waals surface area contributed by atoms with Gasteiger partial charge in [0.15, 0.2) is 0 Å². The van der Waals surface area contributed by atoms with Crippen molar-refractivity contribution < 1.29 is 8.83 Å². The number of anilines is 2. The van der Waals surface area contributed by atoms with Crippen LogP contribution in [0.1, 0.15) is 156 Å². The summed E-state index contributed by atoms with van der Waals surface area (Å²) >= 11 is 0. The minimum Gasteiger partial charge on any atom is -0.456 e. The SMILES string of the molecule is CC(C)(C)c1ccc(N2B3c4cc(C(C)(C)C)ccc4-n4c5cc6c(cc5c5c7oc8ccccc8c7c(c3c54)-c3cc4c(cc32)oc2cc3c(cc24)C(C)(C)CCC3(C)C)C(C)(C)CCC6(C)C)cc1.